The van der Waals surface area contributed by atoms with Crippen molar-refractivity contribution in [3.63, 3.8) is 0 Å². The van der Waals surface area contributed by atoms with Gasteiger partial charge in [0.05, 0.1) is 0 Å². The van der Waals surface area contributed by atoms with Crippen LogP contribution in [-0.4, -0.2) is 10.9 Å². The number of benzene rings is 2. The zero-order valence-corrected chi connectivity index (χ0v) is 13.2. The fourth-order valence-electron chi connectivity index (χ4n) is 2.27. The summed E-state index contributed by atoms with van der Waals surface area (Å²) in [4.78, 5) is 16.2. The molecule has 0 spiro atoms. The number of halogens is 2. The fraction of sp³-hybridized carbons (Fsp3) is 0.0526. The molecule has 0 aliphatic heterocycles. The third-order valence-electron chi connectivity index (χ3n) is 3.52. The van der Waals surface area contributed by atoms with Crippen LogP contribution in [0.15, 0.2) is 66.9 Å². The van der Waals surface area contributed by atoms with Crippen molar-refractivity contribution in [2.75, 3.05) is 10.6 Å². The molecule has 0 bridgehead atoms. The molecule has 1 amide bonds. The monoisotopic (exact) mass is 339 g/mol. The van der Waals surface area contributed by atoms with Gasteiger partial charge in [-0.3, -0.25) is 9.78 Å². The highest BCUT2D eigenvalue weighted by Gasteiger charge is 2.09. The van der Waals surface area contributed by atoms with Crippen molar-refractivity contribution in [2.24, 2.45) is 0 Å². The molecule has 2 N–H and O–H groups in total. The van der Waals surface area contributed by atoms with Crippen LogP contribution in [0.5, 0.6) is 0 Å². The number of rotatable bonds is 5. The molecule has 0 fully saturated rings. The van der Waals surface area contributed by atoms with Crippen LogP contribution in [0.2, 0.25) is 0 Å². The van der Waals surface area contributed by atoms with Gasteiger partial charge in [-0.05, 0) is 36.4 Å². The third kappa shape index (κ3) is 4.38. The number of amides is 1. The Labute approximate surface area is 143 Å². The molecule has 126 valence electrons. The normalized spacial score (nSPS) is 10.3. The number of pyridine rings is 1. The predicted octanol–water partition coefficient (Wildman–Crippen LogP) is 4.22. The van der Waals surface area contributed by atoms with Crippen LogP contribution in [-0.2, 0) is 6.54 Å². The average Bonchev–Trinajstić information content (AvgIpc) is 2.61. The van der Waals surface area contributed by atoms with Gasteiger partial charge in [0.25, 0.3) is 5.91 Å². The first-order valence-corrected chi connectivity index (χ1v) is 7.62. The van der Waals surface area contributed by atoms with Gasteiger partial charge in [0.2, 0.25) is 0 Å². The van der Waals surface area contributed by atoms with Crippen LogP contribution >= 0.6 is 0 Å². The van der Waals surface area contributed by atoms with E-state index < -0.39 is 11.7 Å². The second-order valence-corrected chi connectivity index (χ2v) is 5.34. The summed E-state index contributed by atoms with van der Waals surface area (Å²) >= 11 is 0. The molecular weight excluding hydrogens is 324 g/mol. The Morgan fingerprint density at radius 1 is 0.960 bits per heavy atom. The van der Waals surface area contributed by atoms with E-state index in [4.69, 9.17) is 0 Å². The minimum absolute atomic E-state index is 0.169. The Morgan fingerprint density at radius 3 is 2.60 bits per heavy atom. The van der Waals surface area contributed by atoms with Crippen molar-refractivity contribution < 1.29 is 13.6 Å². The Bertz CT molecular complexity index is 899. The van der Waals surface area contributed by atoms with E-state index in [0.717, 1.165) is 0 Å². The number of anilines is 2. The van der Waals surface area contributed by atoms with E-state index in [1.807, 2.05) is 0 Å². The van der Waals surface area contributed by atoms with Gasteiger partial charge < -0.3 is 10.6 Å². The molecule has 4 nitrogen and oxygen atoms in total. The van der Waals surface area contributed by atoms with Crippen LogP contribution in [0.25, 0.3) is 0 Å². The molecule has 0 aliphatic rings. The first-order chi connectivity index (χ1) is 12.1. The lowest BCUT2D eigenvalue weighted by Gasteiger charge is -2.09. The summed E-state index contributed by atoms with van der Waals surface area (Å²) in [6.07, 6.45) is 1.48. The van der Waals surface area contributed by atoms with E-state index >= 15 is 0 Å². The summed E-state index contributed by atoms with van der Waals surface area (Å²) in [5, 5.41) is 5.63. The smallest absolute Gasteiger partial charge is 0.274 e. The van der Waals surface area contributed by atoms with Gasteiger partial charge in [-0.25, -0.2) is 8.78 Å². The maximum absolute atomic E-state index is 13.6. The molecule has 1 aromatic heterocycles. The van der Waals surface area contributed by atoms with Crippen molar-refractivity contribution in [2.45, 2.75) is 6.54 Å². The lowest BCUT2D eigenvalue weighted by atomic mass is 10.2. The molecule has 0 radical (unpaired) electrons. The number of nitrogens with one attached hydrogen (secondary N) is 2. The number of carbonyl (C=O) groups is 1. The first-order valence-electron chi connectivity index (χ1n) is 7.62. The molecule has 3 aromatic rings. The molecule has 3 rings (SSSR count). The summed E-state index contributed by atoms with van der Waals surface area (Å²) in [5.74, 6) is -1.20. The van der Waals surface area contributed by atoms with Gasteiger partial charge in [-0.1, -0.05) is 24.3 Å². The van der Waals surface area contributed by atoms with Crippen molar-refractivity contribution in [1.82, 2.24) is 4.98 Å². The Morgan fingerprint density at radius 2 is 1.80 bits per heavy atom. The summed E-state index contributed by atoms with van der Waals surface area (Å²) in [6, 6.07) is 15.3. The Hall–Kier alpha value is -3.28. The zero-order valence-electron chi connectivity index (χ0n) is 13.2. The van der Waals surface area contributed by atoms with Gasteiger partial charge >= 0.3 is 0 Å². The largest absolute Gasteiger partial charge is 0.381 e. The highest BCUT2D eigenvalue weighted by Crippen LogP contribution is 2.14. The van der Waals surface area contributed by atoms with Crippen LogP contribution in [0, 0.1) is 11.6 Å². The molecule has 0 atom stereocenters. The molecular formula is C19H15F2N3O. The SMILES string of the molecule is O=C(Nc1cccc(F)c1)c1cc(NCc2ccccc2F)ccn1. The van der Waals surface area contributed by atoms with Gasteiger partial charge in [0.15, 0.2) is 0 Å². The number of hydrogen-bond donors (Lipinski definition) is 2. The number of aromatic nitrogens is 1. The van der Waals surface area contributed by atoms with Crippen molar-refractivity contribution in [3.8, 4) is 0 Å². The Balaban J connectivity index is 1.68. The lowest BCUT2D eigenvalue weighted by molar-refractivity contribution is 0.102. The number of hydrogen-bond acceptors (Lipinski definition) is 3. The van der Waals surface area contributed by atoms with E-state index in [-0.39, 0.29) is 18.1 Å². The lowest BCUT2D eigenvalue weighted by Crippen LogP contribution is -2.14. The Kier molecular flexibility index (Phi) is 4.99. The van der Waals surface area contributed by atoms with Gasteiger partial charge in [0, 0.05) is 29.7 Å². The molecule has 6 heteroatoms. The van der Waals surface area contributed by atoms with Gasteiger partial charge in [-0.15, -0.1) is 0 Å². The average molecular weight is 339 g/mol. The highest BCUT2D eigenvalue weighted by atomic mass is 19.1. The molecule has 0 aliphatic carbocycles. The molecule has 0 saturated carbocycles. The minimum atomic E-state index is -0.458. The van der Waals surface area contributed by atoms with E-state index in [2.05, 4.69) is 15.6 Å². The van der Waals surface area contributed by atoms with Crippen molar-refractivity contribution >= 4 is 17.3 Å². The fourth-order valence-corrected chi connectivity index (χ4v) is 2.27. The van der Waals surface area contributed by atoms with Crippen LogP contribution < -0.4 is 10.6 Å². The summed E-state index contributed by atoms with van der Waals surface area (Å²) in [7, 11) is 0. The van der Waals surface area contributed by atoms with E-state index in [1.54, 1.807) is 36.4 Å². The second-order valence-electron chi connectivity index (χ2n) is 5.34. The van der Waals surface area contributed by atoms with Gasteiger partial charge in [-0.2, -0.15) is 0 Å². The minimum Gasteiger partial charge on any atom is -0.381 e. The summed E-state index contributed by atoms with van der Waals surface area (Å²) in [5.41, 5.74) is 1.66. The molecule has 1 heterocycles. The number of carbonyl (C=O) groups excluding carboxylic acids is 1. The maximum Gasteiger partial charge on any atom is 0.274 e. The summed E-state index contributed by atoms with van der Waals surface area (Å²) < 4.78 is 26.8. The molecule has 25 heavy (non-hydrogen) atoms. The summed E-state index contributed by atoms with van der Waals surface area (Å²) in [6.45, 7) is 0.279. The quantitative estimate of drug-likeness (QED) is 0.732. The second kappa shape index (κ2) is 7.53. The maximum atomic E-state index is 13.6. The highest BCUT2D eigenvalue weighted by molar-refractivity contribution is 6.03. The van der Waals surface area contributed by atoms with E-state index in [9.17, 15) is 13.6 Å². The molecule has 0 unspecified atom stereocenters. The van der Waals surface area contributed by atoms with Gasteiger partial charge in [0.1, 0.15) is 17.3 Å². The zero-order chi connectivity index (χ0) is 17.6. The van der Waals surface area contributed by atoms with Crippen molar-refractivity contribution in [3.05, 3.63) is 89.8 Å². The first kappa shape index (κ1) is 16.6. The topological polar surface area (TPSA) is 54.0 Å². The van der Waals surface area contributed by atoms with E-state index in [0.29, 0.717) is 16.9 Å². The van der Waals surface area contributed by atoms with Crippen molar-refractivity contribution in [1.29, 1.82) is 0 Å². The van der Waals surface area contributed by atoms with E-state index in [1.165, 1.54) is 30.5 Å². The molecule has 0 saturated heterocycles. The standard InChI is InChI=1S/C19H15F2N3O/c20-14-5-3-6-16(10-14)24-19(25)18-11-15(8-9-22-18)23-12-13-4-1-2-7-17(13)21/h1-11H,12H2,(H,22,23)(H,24,25). The number of nitrogens with zero attached hydrogens (tertiary/aromatic N) is 1. The predicted molar refractivity (Wildman–Crippen MR) is 92.3 cm³/mol. The van der Waals surface area contributed by atoms with Crippen LogP contribution in [0.3, 0.4) is 0 Å². The van der Waals surface area contributed by atoms with Crippen LogP contribution in [0.1, 0.15) is 16.1 Å². The molecule has 2 aromatic carbocycles. The van der Waals surface area contributed by atoms with Crippen LogP contribution in [0.4, 0.5) is 20.2 Å². The third-order valence-corrected chi connectivity index (χ3v) is 3.52.